The Kier molecular flexibility index (Phi) is 6.06. The molecule has 1 saturated heterocycles. The van der Waals surface area contributed by atoms with E-state index in [2.05, 4.69) is 34.4 Å². The molecule has 0 bridgehead atoms. The van der Waals surface area contributed by atoms with Gasteiger partial charge in [-0.2, -0.15) is 0 Å². The highest BCUT2D eigenvalue weighted by atomic mass is 16.2. The molecular formula is C21H28N4O2. The van der Waals surface area contributed by atoms with E-state index in [1.165, 1.54) is 19.3 Å². The Labute approximate surface area is 160 Å². The van der Waals surface area contributed by atoms with Crippen LogP contribution in [0.15, 0.2) is 30.5 Å². The molecule has 2 atom stereocenters. The molecule has 6 nitrogen and oxygen atoms in total. The molecule has 1 aromatic heterocycles. The van der Waals surface area contributed by atoms with Crippen molar-refractivity contribution >= 4 is 28.4 Å². The minimum absolute atomic E-state index is 0.210. The largest absolute Gasteiger partial charge is 0.346 e. The number of pyridine rings is 1. The average molecular weight is 368 g/mol. The lowest BCUT2D eigenvalue weighted by atomic mass is 10.0. The maximum Gasteiger partial charge on any atom is 0.313 e. The van der Waals surface area contributed by atoms with Gasteiger partial charge >= 0.3 is 11.8 Å². The smallest absolute Gasteiger partial charge is 0.313 e. The van der Waals surface area contributed by atoms with Crippen LogP contribution in [-0.4, -0.2) is 46.9 Å². The standard InChI is InChI=1S/C21H28N4O2/c1-14-9-10-18(17-8-6-11-22-19(14)17)24-21(27)20(26)23-13-16(3)25-12-5-4-7-15(25)2/h6,8-11,15-16H,4-5,7,12-13H2,1-3H3,(H,23,26)(H,24,27)/t15-,16+/m1/s1. The summed E-state index contributed by atoms with van der Waals surface area (Å²) in [6.45, 7) is 7.80. The van der Waals surface area contributed by atoms with Crippen molar-refractivity contribution < 1.29 is 9.59 Å². The number of likely N-dealkylation sites (tertiary alicyclic amines) is 1. The summed E-state index contributed by atoms with van der Waals surface area (Å²) < 4.78 is 0. The number of nitrogens with one attached hydrogen (secondary N) is 2. The summed E-state index contributed by atoms with van der Waals surface area (Å²) in [5, 5.41) is 6.32. The van der Waals surface area contributed by atoms with Crippen LogP contribution in [0.5, 0.6) is 0 Å². The van der Waals surface area contributed by atoms with Gasteiger partial charge < -0.3 is 10.6 Å². The monoisotopic (exact) mass is 368 g/mol. The highest BCUT2D eigenvalue weighted by Crippen LogP contribution is 2.24. The van der Waals surface area contributed by atoms with Crippen LogP contribution in [0, 0.1) is 6.92 Å². The molecule has 3 rings (SSSR count). The molecule has 2 heterocycles. The normalized spacial score (nSPS) is 18.9. The molecule has 2 amide bonds. The van der Waals surface area contributed by atoms with Gasteiger partial charge in [0, 0.05) is 30.2 Å². The number of carbonyl (C=O) groups excluding carboxylic acids is 2. The van der Waals surface area contributed by atoms with Crippen molar-refractivity contribution in [3.63, 3.8) is 0 Å². The van der Waals surface area contributed by atoms with Crippen LogP contribution in [0.4, 0.5) is 5.69 Å². The van der Waals surface area contributed by atoms with Crippen LogP contribution in [0.2, 0.25) is 0 Å². The molecule has 0 radical (unpaired) electrons. The van der Waals surface area contributed by atoms with Gasteiger partial charge in [0.25, 0.3) is 0 Å². The fraction of sp³-hybridized carbons (Fsp3) is 0.476. The third-order valence-electron chi connectivity index (χ3n) is 5.40. The Morgan fingerprint density at radius 1 is 1.26 bits per heavy atom. The van der Waals surface area contributed by atoms with Gasteiger partial charge in [0.05, 0.1) is 11.2 Å². The van der Waals surface area contributed by atoms with Crippen molar-refractivity contribution in [2.45, 2.75) is 52.1 Å². The van der Waals surface area contributed by atoms with Crippen molar-refractivity contribution in [2.24, 2.45) is 0 Å². The van der Waals surface area contributed by atoms with Crippen LogP contribution >= 0.6 is 0 Å². The van der Waals surface area contributed by atoms with Gasteiger partial charge in [-0.15, -0.1) is 0 Å². The summed E-state index contributed by atoms with van der Waals surface area (Å²) in [5.41, 5.74) is 2.45. The number of piperidine rings is 1. The maximum absolute atomic E-state index is 12.3. The number of rotatable bonds is 4. The Bertz CT molecular complexity index is 836. The molecule has 0 unspecified atom stereocenters. The number of aromatic nitrogens is 1. The number of hydrogen-bond acceptors (Lipinski definition) is 4. The fourth-order valence-electron chi connectivity index (χ4n) is 3.82. The summed E-state index contributed by atoms with van der Waals surface area (Å²) in [4.78, 5) is 31.4. The third kappa shape index (κ3) is 4.45. The van der Waals surface area contributed by atoms with Crippen molar-refractivity contribution in [1.82, 2.24) is 15.2 Å². The SMILES string of the molecule is Cc1ccc(NC(=O)C(=O)NC[C@H](C)N2CCCC[C@H]2C)c2cccnc12. The number of carbonyl (C=O) groups is 2. The zero-order valence-corrected chi connectivity index (χ0v) is 16.3. The van der Waals surface area contributed by atoms with E-state index in [1.54, 1.807) is 6.20 Å². The number of fused-ring (bicyclic) bond motifs is 1. The van der Waals surface area contributed by atoms with E-state index in [1.807, 2.05) is 31.2 Å². The van der Waals surface area contributed by atoms with Gasteiger partial charge in [0.15, 0.2) is 0 Å². The predicted octanol–water partition coefficient (Wildman–Crippen LogP) is 2.86. The minimum atomic E-state index is -0.650. The average Bonchev–Trinajstić information content (AvgIpc) is 2.68. The fourth-order valence-corrected chi connectivity index (χ4v) is 3.82. The molecule has 27 heavy (non-hydrogen) atoms. The van der Waals surface area contributed by atoms with E-state index in [4.69, 9.17) is 0 Å². The molecule has 6 heteroatoms. The topological polar surface area (TPSA) is 74.3 Å². The maximum atomic E-state index is 12.3. The summed E-state index contributed by atoms with van der Waals surface area (Å²) in [7, 11) is 0. The van der Waals surface area contributed by atoms with Crippen molar-refractivity contribution in [1.29, 1.82) is 0 Å². The first kappa shape index (κ1) is 19.3. The van der Waals surface area contributed by atoms with Crippen LogP contribution in [-0.2, 0) is 9.59 Å². The molecule has 1 aromatic carbocycles. The van der Waals surface area contributed by atoms with Gasteiger partial charge in [-0.1, -0.05) is 12.5 Å². The van der Waals surface area contributed by atoms with Crippen LogP contribution < -0.4 is 10.6 Å². The first-order valence-electron chi connectivity index (χ1n) is 9.66. The second kappa shape index (κ2) is 8.48. The summed E-state index contributed by atoms with van der Waals surface area (Å²) in [5.74, 6) is -1.26. The lowest BCUT2D eigenvalue weighted by Gasteiger charge is -2.38. The molecule has 0 spiro atoms. The molecule has 2 N–H and O–H groups in total. The summed E-state index contributed by atoms with van der Waals surface area (Å²) in [6.07, 6.45) is 5.36. The van der Waals surface area contributed by atoms with Crippen molar-refractivity contribution in [2.75, 3.05) is 18.4 Å². The van der Waals surface area contributed by atoms with Crippen LogP contribution in [0.25, 0.3) is 10.9 Å². The Balaban J connectivity index is 1.60. The number of hydrogen-bond donors (Lipinski definition) is 2. The number of aryl methyl sites for hydroxylation is 1. The summed E-state index contributed by atoms with van der Waals surface area (Å²) in [6, 6.07) is 8.14. The Morgan fingerprint density at radius 3 is 2.85 bits per heavy atom. The van der Waals surface area contributed by atoms with Crippen LogP contribution in [0.3, 0.4) is 0 Å². The second-order valence-corrected chi connectivity index (χ2v) is 7.43. The second-order valence-electron chi connectivity index (χ2n) is 7.43. The molecular weight excluding hydrogens is 340 g/mol. The third-order valence-corrected chi connectivity index (χ3v) is 5.40. The first-order valence-corrected chi connectivity index (χ1v) is 9.66. The zero-order valence-electron chi connectivity index (χ0n) is 16.3. The molecule has 0 aliphatic carbocycles. The molecule has 2 aromatic rings. The molecule has 1 fully saturated rings. The first-order chi connectivity index (χ1) is 13.0. The number of benzene rings is 1. The van der Waals surface area contributed by atoms with E-state index >= 15 is 0 Å². The quantitative estimate of drug-likeness (QED) is 0.814. The van der Waals surface area contributed by atoms with E-state index < -0.39 is 11.8 Å². The van der Waals surface area contributed by atoms with Crippen LogP contribution in [0.1, 0.15) is 38.7 Å². The van der Waals surface area contributed by atoms with Gasteiger partial charge in [-0.3, -0.25) is 19.5 Å². The van der Waals surface area contributed by atoms with Gasteiger partial charge in [0.1, 0.15) is 0 Å². The lowest BCUT2D eigenvalue weighted by Crippen LogP contribution is -2.49. The summed E-state index contributed by atoms with van der Waals surface area (Å²) >= 11 is 0. The highest BCUT2D eigenvalue weighted by molar-refractivity contribution is 6.40. The highest BCUT2D eigenvalue weighted by Gasteiger charge is 2.24. The van der Waals surface area contributed by atoms with Crippen molar-refractivity contribution in [3.05, 3.63) is 36.0 Å². The predicted molar refractivity (Wildman–Crippen MR) is 108 cm³/mol. The molecule has 0 saturated carbocycles. The van der Waals surface area contributed by atoms with Gasteiger partial charge in [-0.25, -0.2) is 0 Å². The van der Waals surface area contributed by atoms with Gasteiger partial charge in [0.2, 0.25) is 0 Å². The molecule has 144 valence electrons. The lowest BCUT2D eigenvalue weighted by molar-refractivity contribution is -0.136. The van der Waals surface area contributed by atoms with Gasteiger partial charge in [-0.05, 0) is 63.9 Å². The number of amides is 2. The van der Waals surface area contributed by atoms with E-state index in [0.717, 1.165) is 23.0 Å². The van der Waals surface area contributed by atoms with E-state index in [9.17, 15) is 9.59 Å². The van der Waals surface area contributed by atoms with E-state index in [0.29, 0.717) is 18.3 Å². The number of nitrogens with zero attached hydrogens (tertiary/aromatic N) is 2. The Hall–Kier alpha value is -2.47. The van der Waals surface area contributed by atoms with Crippen molar-refractivity contribution in [3.8, 4) is 0 Å². The Morgan fingerprint density at radius 2 is 2.07 bits per heavy atom. The molecule has 1 aliphatic rings. The molecule has 1 aliphatic heterocycles. The van der Waals surface area contributed by atoms with E-state index in [-0.39, 0.29) is 6.04 Å². The number of anilines is 1. The minimum Gasteiger partial charge on any atom is -0.346 e. The zero-order chi connectivity index (χ0) is 19.4.